The van der Waals surface area contributed by atoms with E-state index in [0.717, 1.165) is 11.1 Å². The number of hydrogen-bond acceptors (Lipinski definition) is 5. The third kappa shape index (κ3) is 4.03. The van der Waals surface area contributed by atoms with E-state index in [9.17, 15) is 9.59 Å². The third-order valence-corrected chi connectivity index (χ3v) is 3.48. The van der Waals surface area contributed by atoms with Crippen LogP contribution < -0.4 is 0 Å². The quantitative estimate of drug-likeness (QED) is 0.793. The Hall–Kier alpha value is -1.92. The molecule has 6 heteroatoms. The van der Waals surface area contributed by atoms with Gasteiger partial charge in [-0.3, -0.25) is 4.79 Å². The number of methoxy groups -OCH3 is 1. The molecule has 1 heterocycles. The second-order valence-electron chi connectivity index (χ2n) is 4.80. The minimum Gasteiger partial charge on any atom is -0.479 e. The smallest absolute Gasteiger partial charge is 0.335 e. The first kappa shape index (κ1) is 15.5. The zero-order valence-electron chi connectivity index (χ0n) is 11.8. The summed E-state index contributed by atoms with van der Waals surface area (Å²) in [5, 5.41) is 9.07. The van der Waals surface area contributed by atoms with Crippen molar-refractivity contribution in [3.8, 4) is 0 Å². The van der Waals surface area contributed by atoms with Gasteiger partial charge in [0.15, 0.2) is 6.10 Å². The molecule has 114 valence electrons. The van der Waals surface area contributed by atoms with Crippen LogP contribution in [0.15, 0.2) is 24.3 Å². The summed E-state index contributed by atoms with van der Waals surface area (Å²) in [6.45, 7) is -0.00798. The Bertz CT molecular complexity index is 513. The Balaban J connectivity index is 2.05. The van der Waals surface area contributed by atoms with Gasteiger partial charge in [0.25, 0.3) is 0 Å². The van der Waals surface area contributed by atoms with Crippen LogP contribution in [-0.2, 0) is 36.6 Å². The largest absolute Gasteiger partial charge is 0.479 e. The molecular weight excluding hydrogens is 276 g/mol. The lowest BCUT2D eigenvalue weighted by atomic mass is 9.96. The van der Waals surface area contributed by atoms with Gasteiger partial charge < -0.3 is 19.3 Å². The molecule has 0 bridgehead atoms. The fourth-order valence-corrected chi connectivity index (χ4v) is 2.35. The molecule has 2 atom stereocenters. The Morgan fingerprint density at radius 2 is 2.00 bits per heavy atom. The van der Waals surface area contributed by atoms with E-state index >= 15 is 0 Å². The van der Waals surface area contributed by atoms with Crippen molar-refractivity contribution in [1.29, 1.82) is 0 Å². The van der Waals surface area contributed by atoms with Crippen LogP contribution in [0.2, 0.25) is 0 Å². The van der Waals surface area contributed by atoms with E-state index in [1.54, 1.807) is 0 Å². The number of rotatable bonds is 6. The summed E-state index contributed by atoms with van der Waals surface area (Å²) >= 11 is 0. The van der Waals surface area contributed by atoms with Gasteiger partial charge in [0, 0.05) is 12.8 Å². The molecule has 1 aromatic rings. The molecule has 6 nitrogen and oxygen atoms in total. The van der Waals surface area contributed by atoms with Gasteiger partial charge in [0.05, 0.1) is 7.11 Å². The van der Waals surface area contributed by atoms with Crippen molar-refractivity contribution in [2.45, 2.75) is 31.5 Å². The fraction of sp³-hybridized carbons (Fsp3) is 0.467. The van der Waals surface area contributed by atoms with Crippen molar-refractivity contribution < 1.29 is 28.9 Å². The number of carboxylic acids is 1. The third-order valence-electron chi connectivity index (χ3n) is 3.48. The Labute approximate surface area is 122 Å². The normalized spacial score (nSPS) is 21.2. The number of hydrogen-bond donors (Lipinski definition) is 1. The number of esters is 1. The lowest BCUT2D eigenvalue weighted by molar-refractivity contribution is -0.147. The minimum atomic E-state index is -1.02. The molecule has 1 saturated heterocycles. The highest BCUT2D eigenvalue weighted by molar-refractivity contribution is 5.73. The molecule has 1 aliphatic rings. The van der Waals surface area contributed by atoms with Gasteiger partial charge >= 0.3 is 11.9 Å². The molecule has 0 saturated carbocycles. The second kappa shape index (κ2) is 7.19. The van der Waals surface area contributed by atoms with Crippen molar-refractivity contribution in [3.63, 3.8) is 0 Å². The standard InChI is InChI=1S/C15H18O6/c1-19-13(16)7-6-10-4-2-3-5-11(10)8-12-14(15(17)18)21-9-20-12/h2-5,12,14H,6-9H2,1H3,(H,17,18). The van der Waals surface area contributed by atoms with Gasteiger partial charge in [-0.05, 0) is 17.5 Å². The summed E-state index contributed by atoms with van der Waals surface area (Å²) in [6, 6.07) is 7.59. The summed E-state index contributed by atoms with van der Waals surface area (Å²) in [4.78, 5) is 22.3. The summed E-state index contributed by atoms with van der Waals surface area (Å²) in [5.74, 6) is -1.29. The average Bonchev–Trinajstić information content (AvgIpc) is 2.94. The highest BCUT2D eigenvalue weighted by atomic mass is 16.7. The molecular formula is C15H18O6. The number of carbonyl (C=O) groups is 2. The van der Waals surface area contributed by atoms with Crippen LogP contribution in [0.25, 0.3) is 0 Å². The van der Waals surface area contributed by atoms with E-state index in [0.29, 0.717) is 12.8 Å². The maximum absolute atomic E-state index is 11.2. The van der Waals surface area contributed by atoms with Gasteiger partial charge in [0.2, 0.25) is 0 Å². The number of ether oxygens (including phenoxy) is 3. The maximum Gasteiger partial charge on any atom is 0.335 e. The molecule has 0 aromatic heterocycles. The summed E-state index contributed by atoms with van der Waals surface area (Å²) in [5.41, 5.74) is 1.95. The lowest BCUT2D eigenvalue weighted by Crippen LogP contribution is -2.32. The van der Waals surface area contributed by atoms with E-state index in [4.69, 9.17) is 14.6 Å². The van der Waals surface area contributed by atoms with Crippen molar-refractivity contribution in [3.05, 3.63) is 35.4 Å². The van der Waals surface area contributed by atoms with Gasteiger partial charge in [0.1, 0.15) is 12.9 Å². The molecule has 21 heavy (non-hydrogen) atoms. The maximum atomic E-state index is 11.2. The number of carboxylic acid groups (broad SMARTS) is 1. The van der Waals surface area contributed by atoms with Crippen LogP contribution in [-0.4, -0.2) is 43.2 Å². The molecule has 2 unspecified atom stereocenters. The molecule has 0 spiro atoms. The Kier molecular flexibility index (Phi) is 5.30. The van der Waals surface area contributed by atoms with Crippen LogP contribution in [0.3, 0.4) is 0 Å². The number of carbonyl (C=O) groups excluding carboxylic acids is 1. The Morgan fingerprint density at radius 3 is 2.67 bits per heavy atom. The summed E-state index contributed by atoms with van der Waals surface area (Å²) in [7, 11) is 1.36. The first-order valence-electron chi connectivity index (χ1n) is 6.71. The van der Waals surface area contributed by atoms with Crippen LogP contribution in [0, 0.1) is 0 Å². The fourth-order valence-electron chi connectivity index (χ4n) is 2.35. The van der Waals surface area contributed by atoms with Crippen LogP contribution in [0.5, 0.6) is 0 Å². The zero-order valence-corrected chi connectivity index (χ0v) is 11.8. The highest BCUT2D eigenvalue weighted by Crippen LogP contribution is 2.21. The summed E-state index contributed by atoms with van der Waals surface area (Å²) in [6.07, 6.45) is -0.180. The van der Waals surface area contributed by atoms with Gasteiger partial charge in [-0.15, -0.1) is 0 Å². The Morgan fingerprint density at radius 1 is 1.29 bits per heavy atom. The second-order valence-corrected chi connectivity index (χ2v) is 4.80. The average molecular weight is 294 g/mol. The van der Waals surface area contributed by atoms with Crippen molar-refractivity contribution in [2.24, 2.45) is 0 Å². The van der Waals surface area contributed by atoms with Crippen molar-refractivity contribution >= 4 is 11.9 Å². The van der Waals surface area contributed by atoms with Crippen LogP contribution in [0.1, 0.15) is 17.5 Å². The first-order chi connectivity index (χ1) is 10.1. The van der Waals surface area contributed by atoms with Gasteiger partial charge in [-0.2, -0.15) is 0 Å². The predicted octanol–water partition coefficient (Wildman–Crippen LogP) is 1.16. The molecule has 1 aromatic carbocycles. The van der Waals surface area contributed by atoms with E-state index in [-0.39, 0.29) is 19.2 Å². The van der Waals surface area contributed by atoms with E-state index in [2.05, 4.69) is 4.74 Å². The summed E-state index contributed by atoms with van der Waals surface area (Å²) < 4.78 is 15.0. The highest BCUT2D eigenvalue weighted by Gasteiger charge is 2.35. The number of benzene rings is 1. The van der Waals surface area contributed by atoms with Crippen molar-refractivity contribution in [1.82, 2.24) is 0 Å². The predicted molar refractivity (Wildman–Crippen MR) is 72.7 cm³/mol. The molecule has 0 amide bonds. The minimum absolute atomic E-state index is 0.00798. The van der Waals surface area contributed by atoms with E-state index in [1.165, 1.54) is 7.11 Å². The number of aliphatic carboxylic acids is 1. The van der Waals surface area contributed by atoms with Crippen LogP contribution in [0.4, 0.5) is 0 Å². The first-order valence-corrected chi connectivity index (χ1v) is 6.71. The molecule has 1 N–H and O–H groups in total. The van der Waals surface area contributed by atoms with Crippen LogP contribution >= 0.6 is 0 Å². The zero-order chi connectivity index (χ0) is 15.2. The monoisotopic (exact) mass is 294 g/mol. The molecule has 0 aliphatic carbocycles. The molecule has 1 aliphatic heterocycles. The number of aryl methyl sites for hydroxylation is 1. The van der Waals surface area contributed by atoms with Crippen molar-refractivity contribution in [2.75, 3.05) is 13.9 Å². The molecule has 2 rings (SSSR count). The van der Waals surface area contributed by atoms with Gasteiger partial charge in [-0.25, -0.2) is 4.79 Å². The molecule has 0 radical (unpaired) electrons. The SMILES string of the molecule is COC(=O)CCc1ccccc1CC1OCOC1C(=O)O. The molecule has 1 fully saturated rings. The van der Waals surface area contributed by atoms with E-state index in [1.807, 2.05) is 24.3 Å². The van der Waals surface area contributed by atoms with E-state index < -0.39 is 18.2 Å². The van der Waals surface area contributed by atoms with Gasteiger partial charge in [-0.1, -0.05) is 24.3 Å². The topological polar surface area (TPSA) is 82.1 Å². The lowest BCUT2D eigenvalue weighted by Gasteiger charge is -2.15.